The minimum absolute atomic E-state index is 0.0993. The normalized spacial score (nSPS) is 15.3. The molecule has 20 heavy (non-hydrogen) atoms. The lowest BCUT2D eigenvalue weighted by Crippen LogP contribution is -2.46. The minimum atomic E-state index is 0.0993. The van der Waals surface area contributed by atoms with Gasteiger partial charge in [-0.2, -0.15) is 5.10 Å². The van der Waals surface area contributed by atoms with Crippen molar-refractivity contribution in [2.24, 2.45) is 0 Å². The van der Waals surface area contributed by atoms with Crippen molar-refractivity contribution in [3.05, 3.63) is 48.0 Å². The topological polar surface area (TPSA) is 63.1 Å². The maximum atomic E-state index is 12.6. The quantitative estimate of drug-likeness (QED) is 0.876. The van der Waals surface area contributed by atoms with Gasteiger partial charge in [-0.05, 0) is 11.6 Å². The second-order valence-corrected chi connectivity index (χ2v) is 4.79. The third kappa shape index (κ3) is 2.70. The summed E-state index contributed by atoms with van der Waals surface area (Å²) in [6.45, 7) is 3.80. The number of carbonyl (C=O) groups is 1. The van der Waals surface area contributed by atoms with Gasteiger partial charge in [0.05, 0.1) is 6.54 Å². The number of aromatic nitrogens is 3. The summed E-state index contributed by atoms with van der Waals surface area (Å²) in [5.41, 5.74) is 1.73. The molecule has 0 spiro atoms. The Morgan fingerprint density at radius 3 is 2.80 bits per heavy atom. The van der Waals surface area contributed by atoms with E-state index in [4.69, 9.17) is 0 Å². The molecule has 0 aliphatic carbocycles. The van der Waals surface area contributed by atoms with E-state index in [1.165, 1.54) is 6.33 Å². The maximum Gasteiger partial charge on any atom is 0.254 e. The average molecular weight is 271 g/mol. The van der Waals surface area contributed by atoms with Gasteiger partial charge in [0.2, 0.25) is 0 Å². The lowest BCUT2D eigenvalue weighted by Gasteiger charge is -2.28. The van der Waals surface area contributed by atoms with Crippen molar-refractivity contribution in [1.82, 2.24) is 25.0 Å². The Hall–Kier alpha value is -2.21. The van der Waals surface area contributed by atoms with Crippen LogP contribution in [0.3, 0.4) is 0 Å². The van der Waals surface area contributed by atoms with Crippen LogP contribution in [0.1, 0.15) is 15.9 Å². The smallest absolute Gasteiger partial charge is 0.254 e. The third-order valence-electron chi connectivity index (χ3n) is 3.45. The number of benzene rings is 1. The molecule has 1 saturated heterocycles. The standard InChI is InChI=1S/C14H17N5O/c20-14(18-7-5-15-6-8-18)13-4-2-1-3-12(13)9-19-11-16-10-17-19/h1-4,10-11,15H,5-9H2. The zero-order valence-electron chi connectivity index (χ0n) is 11.2. The highest BCUT2D eigenvalue weighted by molar-refractivity contribution is 5.95. The van der Waals surface area contributed by atoms with Crippen LogP contribution >= 0.6 is 0 Å². The van der Waals surface area contributed by atoms with Gasteiger partial charge < -0.3 is 10.2 Å². The largest absolute Gasteiger partial charge is 0.336 e. The van der Waals surface area contributed by atoms with Crippen molar-refractivity contribution in [2.45, 2.75) is 6.54 Å². The van der Waals surface area contributed by atoms with E-state index in [0.717, 1.165) is 37.3 Å². The molecular formula is C14H17N5O. The van der Waals surface area contributed by atoms with Crippen molar-refractivity contribution in [1.29, 1.82) is 0 Å². The van der Waals surface area contributed by atoms with Gasteiger partial charge in [0.1, 0.15) is 12.7 Å². The first-order chi connectivity index (χ1) is 9.84. The molecule has 0 saturated carbocycles. The van der Waals surface area contributed by atoms with Crippen molar-refractivity contribution < 1.29 is 4.79 Å². The molecule has 2 aromatic rings. The van der Waals surface area contributed by atoms with E-state index in [0.29, 0.717) is 6.54 Å². The lowest BCUT2D eigenvalue weighted by molar-refractivity contribution is 0.0734. The van der Waals surface area contributed by atoms with Crippen LogP contribution in [-0.2, 0) is 6.54 Å². The molecule has 1 aliphatic rings. The van der Waals surface area contributed by atoms with Crippen LogP contribution in [-0.4, -0.2) is 51.8 Å². The van der Waals surface area contributed by atoms with Gasteiger partial charge in [-0.3, -0.25) is 4.79 Å². The number of carbonyl (C=O) groups excluding carboxylic acids is 1. The van der Waals surface area contributed by atoms with E-state index < -0.39 is 0 Å². The van der Waals surface area contributed by atoms with Gasteiger partial charge in [-0.15, -0.1) is 0 Å². The van der Waals surface area contributed by atoms with Crippen molar-refractivity contribution >= 4 is 5.91 Å². The van der Waals surface area contributed by atoms with Crippen LogP contribution in [0.4, 0.5) is 0 Å². The van der Waals surface area contributed by atoms with Gasteiger partial charge in [0, 0.05) is 31.7 Å². The molecule has 1 aromatic heterocycles. The maximum absolute atomic E-state index is 12.6. The third-order valence-corrected chi connectivity index (χ3v) is 3.45. The number of hydrogen-bond acceptors (Lipinski definition) is 4. The molecule has 1 N–H and O–H groups in total. The summed E-state index contributed by atoms with van der Waals surface area (Å²) in [6.07, 6.45) is 3.16. The fourth-order valence-corrected chi connectivity index (χ4v) is 2.39. The number of amides is 1. The number of nitrogens with zero attached hydrogens (tertiary/aromatic N) is 4. The average Bonchev–Trinajstić information content (AvgIpc) is 3.01. The molecule has 1 amide bonds. The summed E-state index contributed by atoms with van der Waals surface area (Å²) in [5, 5.41) is 7.35. The summed E-state index contributed by atoms with van der Waals surface area (Å²) in [5.74, 6) is 0.0993. The Labute approximate surface area is 117 Å². The molecule has 2 heterocycles. The molecule has 0 bridgehead atoms. The number of hydrogen-bond donors (Lipinski definition) is 1. The monoisotopic (exact) mass is 271 g/mol. The van der Waals surface area contributed by atoms with Crippen LogP contribution in [0, 0.1) is 0 Å². The predicted octanol–water partition coefficient (Wildman–Crippen LogP) is 0.372. The molecule has 104 valence electrons. The fourth-order valence-electron chi connectivity index (χ4n) is 2.39. The lowest BCUT2D eigenvalue weighted by atomic mass is 10.1. The predicted molar refractivity (Wildman–Crippen MR) is 74.3 cm³/mol. The second kappa shape index (κ2) is 5.83. The van der Waals surface area contributed by atoms with Gasteiger partial charge in [-0.1, -0.05) is 18.2 Å². The summed E-state index contributed by atoms with van der Waals surface area (Å²) in [7, 11) is 0. The molecule has 6 nitrogen and oxygen atoms in total. The number of rotatable bonds is 3. The molecule has 0 atom stereocenters. The molecule has 6 heteroatoms. The summed E-state index contributed by atoms with van der Waals surface area (Å²) in [6, 6.07) is 7.70. The van der Waals surface area contributed by atoms with E-state index >= 15 is 0 Å². The summed E-state index contributed by atoms with van der Waals surface area (Å²) >= 11 is 0. The van der Waals surface area contributed by atoms with Gasteiger partial charge >= 0.3 is 0 Å². The Morgan fingerprint density at radius 1 is 1.25 bits per heavy atom. The molecule has 0 unspecified atom stereocenters. The summed E-state index contributed by atoms with van der Waals surface area (Å²) in [4.78, 5) is 18.4. The van der Waals surface area contributed by atoms with Crippen molar-refractivity contribution in [2.75, 3.05) is 26.2 Å². The van der Waals surface area contributed by atoms with E-state index in [2.05, 4.69) is 15.4 Å². The van der Waals surface area contributed by atoms with Crippen LogP contribution in [0.25, 0.3) is 0 Å². The SMILES string of the molecule is O=C(c1ccccc1Cn1cncn1)N1CCNCC1. The molecule has 0 radical (unpaired) electrons. The molecular weight excluding hydrogens is 254 g/mol. The van der Waals surface area contributed by atoms with Crippen LogP contribution in [0.2, 0.25) is 0 Å². The Kier molecular flexibility index (Phi) is 3.73. The molecule has 1 aliphatic heterocycles. The first-order valence-corrected chi connectivity index (χ1v) is 6.75. The van der Waals surface area contributed by atoms with E-state index in [1.807, 2.05) is 29.2 Å². The fraction of sp³-hybridized carbons (Fsp3) is 0.357. The highest BCUT2D eigenvalue weighted by Gasteiger charge is 2.20. The van der Waals surface area contributed by atoms with Crippen molar-refractivity contribution in [3.8, 4) is 0 Å². The summed E-state index contributed by atoms with van der Waals surface area (Å²) < 4.78 is 1.73. The molecule has 1 fully saturated rings. The number of nitrogens with one attached hydrogen (secondary N) is 1. The highest BCUT2D eigenvalue weighted by Crippen LogP contribution is 2.13. The van der Waals surface area contributed by atoms with E-state index in [9.17, 15) is 4.79 Å². The van der Waals surface area contributed by atoms with Crippen LogP contribution < -0.4 is 5.32 Å². The van der Waals surface area contributed by atoms with Gasteiger partial charge in [0.25, 0.3) is 5.91 Å². The zero-order valence-corrected chi connectivity index (χ0v) is 11.2. The zero-order chi connectivity index (χ0) is 13.8. The first kappa shape index (κ1) is 12.8. The molecule has 1 aromatic carbocycles. The Bertz CT molecular complexity index is 575. The van der Waals surface area contributed by atoms with E-state index in [1.54, 1.807) is 11.0 Å². The second-order valence-electron chi connectivity index (χ2n) is 4.79. The van der Waals surface area contributed by atoms with Gasteiger partial charge in [0.15, 0.2) is 0 Å². The van der Waals surface area contributed by atoms with Gasteiger partial charge in [-0.25, -0.2) is 9.67 Å². The number of piperazine rings is 1. The Morgan fingerprint density at radius 2 is 2.05 bits per heavy atom. The van der Waals surface area contributed by atoms with Crippen LogP contribution in [0.15, 0.2) is 36.9 Å². The molecule has 3 rings (SSSR count). The van der Waals surface area contributed by atoms with Crippen LogP contribution in [0.5, 0.6) is 0 Å². The first-order valence-electron chi connectivity index (χ1n) is 6.75. The minimum Gasteiger partial charge on any atom is -0.336 e. The van der Waals surface area contributed by atoms with E-state index in [-0.39, 0.29) is 5.91 Å². The van der Waals surface area contributed by atoms with Crippen molar-refractivity contribution in [3.63, 3.8) is 0 Å². The highest BCUT2D eigenvalue weighted by atomic mass is 16.2. The Balaban J connectivity index is 1.83.